The summed E-state index contributed by atoms with van der Waals surface area (Å²) in [5.74, 6) is -2.14. The van der Waals surface area contributed by atoms with Crippen molar-refractivity contribution >= 4 is 22.6 Å². The van der Waals surface area contributed by atoms with E-state index < -0.39 is 37.0 Å². The number of pyridine rings is 1. The van der Waals surface area contributed by atoms with Crippen LogP contribution >= 0.6 is 0 Å². The SMILES string of the molecule is [2H]C([2H])([2H])Oc1cc2c(OC[C@H]3NC(=O)[C@@H](F)[C@H]3CC)nccc2cc1C(N)=O. The van der Waals surface area contributed by atoms with Crippen molar-refractivity contribution in [1.29, 1.82) is 0 Å². The van der Waals surface area contributed by atoms with Gasteiger partial charge in [0.2, 0.25) is 5.88 Å². The fourth-order valence-corrected chi connectivity index (χ4v) is 3.16. The van der Waals surface area contributed by atoms with Gasteiger partial charge in [0.05, 0.1) is 22.8 Å². The van der Waals surface area contributed by atoms with Gasteiger partial charge in [0.25, 0.3) is 11.8 Å². The van der Waals surface area contributed by atoms with E-state index >= 15 is 0 Å². The van der Waals surface area contributed by atoms with Gasteiger partial charge in [0.15, 0.2) is 6.17 Å². The van der Waals surface area contributed by atoms with Gasteiger partial charge in [-0.2, -0.15) is 0 Å². The molecule has 0 aliphatic carbocycles. The number of nitrogens with two attached hydrogens (primary N) is 1. The molecule has 0 bridgehead atoms. The van der Waals surface area contributed by atoms with E-state index in [0.717, 1.165) is 0 Å². The molecule has 2 aromatic rings. The second-order valence-electron chi connectivity index (χ2n) is 6.05. The van der Waals surface area contributed by atoms with Crippen molar-refractivity contribution in [1.82, 2.24) is 10.3 Å². The number of hydrogen-bond acceptors (Lipinski definition) is 5. The molecule has 2 amide bonds. The standard InChI is InChI=1S/C18H20FN3O4/c1-3-10-13(22-17(24)15(10)19)8-26-18-11-7-14(25-2)12(16(20)23)6-9(11)4-5-21-18/h4-7,10,13,15H,3,8H2,1-2H3,(H2,20,23)(H,22,24)/t10-,13+,15-/m0/s1/i2D3. The number of nitrogens with zero attached hydrogens (tertiary/aromatic N) is 1. The maximum absolute atomic E-state index is 13.9. The van der Waals surface area contributed by atoms with Gasteiger partial charge in [-0.15, -0.1) is 0 Å². The number of primary amides is 1. The maximum atomic E-state index is 13.9. The molecular formula is C18H20FN3O4. The first-order valence-corrected chi connectivity index (χ1v) is 8.09. The molecule has 7 nitrogen and oxygen atoms in total. The Labute approximate surface area is 153 Å². The maximum Gasteiger partial charge on any atom is 0.255 e. The Hall–Kier alpha value is -2.90. The molecule has 3 rings (SSSR count). The van der Waals surface area contributed by atoms with Crippen molar-refractivity contribution in [2.24, 2.45) is 11.7 Å². The lowest BCUT2D eigenvalue weighted by Gasteiger charge is -2.19. The average Bonchev–Trinajstić information content (AvgIpc) is 2.91. The minimum absolute atomic E-state index is 0.0240. The molecule has 8 heteroatoms. The highest BCUT2D eigenvalue weighted by Gasteiger charge is 2.41. The molecule has 1 fully saturated rings. The van der Waals surface area contributed by atoms with Crippen molar-refractivity contribution in [3.63, 3.8) is 0 Å². The lowest BCUT2D eigenvalue weighted by molar-refractivity contribution is -0.123. The van der Waals surface area contributed by atoms with Crippen molar-refractivity contribution in [2.45, 2.75) is 25.6 Å². The number of rotatable bonds is 6. The second-order valence-corrected chi connectivity index (χ2v) is 6.05. The van der Waals surface area contributed by atoms with E-state index in [-0.39, 0.29) is 23.8 Å². The minimum Gasteiger partial charge on any atom is -0.496 e. The van der Waals surface area contributed by atoms with Gasteiger partial charge in [-0.1, -0.05) is 6.92 Å². The summed E-state index contributed by atoms with van der Waals surface area (Å²) in [7, 11) is -2.79. The number of nitrogens with one attached hydrogen (secondary N) is 1. The third-order valence-electron chi connectivity index (χ3n) is 4.55. The highest BCUT2D eigenvalue weighted by atomic mass is 19.1. The van der Waals surface area contributed by atoms with Gasteiger partial charge in [0.1, 0.15) is 12.4 Å². The first-order chi connectivity index (χ1) is 13.6. The number of ether oxygens (including phenoxy) is 2. The molecule has 2 heterocycles. The van der Waals surface area contributed by atoms with E-state index in [1.807, 2.05) is 0 Å². The van der Waals surface area contributed by atoms with Gasteiger partial charge in [-0.25, -0.2) is 9.37 Å². The van der Waals surface area contributed by atoms with E-state index in [0.29, 0.717) is 17.2 Å². The number of benzene rings is 1. The van der Waals surface area contributed by atoms with Crippen LogP contribution < -0.4 is 20.5 Å². The van der Waals surface area contributed by atoms with Crippen LogP contribution in [0.1, 0.15) is 27.8 Å². The van der Waals surface area contributed by atoms with Gasteiger partial charge in [-0.3, -0.25) is 9.59 Å². The molecule has 1 aromatic heterocycles. The number of hydrogen-bond donors (Lipinski definition) is 2. The summed E-state index contributed by atoms with van der Waals surface area (Å²) in [6, 6.07) is 3.77. The predicted octanol–water partition coefficient (Wildman–Crippen LogP) is 1.58. The van der Waals surface area contributed by atoms with Gasteiger partial charge >= 0.3 is 0 Å². The van der Waals surface area contributed by atoms with E-state index in [1.54, 1.807) is 13.0 Å². The smallest absolute Gasteiger partial charge is 0.255 e. The quantitative estimate of drug-likeness (QED) is 0.810. The van der Waals surface area contributed by atoms with Crippen molar-refractivity contribution in [3.05, 3.63) is 30.0 Å². The molecular weight excluding hydrogens is 341 g/mol. The van der Waals surface area contributed by atoms with Crippen molar-refractivity contribution in [3.8, 4) is 11.6 Å². The summed E-state index contributed by atoms with van der Waals surface area (Å²) in [4.78, 5) is 27.4. The van der Waals surface area contributed by atoms with Gasteiger partial charge < -0.3 is 20.5 Å². The molecule has 1 aromatic carbocycles. The van der Waals surface area contributed by atoms with Gasteiger partial charge in [-0.05, 0) is 30.0 Å². The average molecular weight is 364 g/mol. The summed E-state index contributed by atoms with van der Waals surface area (Å²) in [6.07, 6.45) is 0.302. The van der Waals surface area contributed by atoms with Crippen LogP contribution in [0.3, 0.4) is 0 Å². The molecule has 0 saturated carbocycles. The van der Waals surface area contributed by atoms with Gasteiger partial charge in [0, 0.05) is 17.5 Å². The lowest BCUT2D eigenvalue weighted by atomic mass is 9.97. The number of aromatic nitrogens is 1. The zero-order chi connectivity index (χ0) is 21.3. The normalized spacial score (nSPS) is 24.5. The molecule has 138 valence electrons. The zero-order valence-electron chi connectivity index (χ0n) is 17.0. The number of amides is 2. The summed E-state index contributed by atoms with van der Waals surface area (Å²) in [5.41, 5.74) is 5.24. The highest BCUT2D eigenvalue weighted by Crippen LogP contribution is 2.31. The molecule has 1 aliphatic rings. The molecule has 3 atom stereocenters. The molecule has 1 aliphatic heterocycles. The number of halogens is 1. The number of fused-ring (bicyclic) bond motifs is 1. The summed E-state index contributed by atoms with van der Waals surface area (Å²) < 4.78 is 46.4. The van der Waals surface area contributed by atoms with Crippen LogP contribution in [0.25, 0.3) is 10.8 Å². The number of alkyl halides is 1. The summed E-state index contributed by atoms with van der Waals surface area (Å²) in [6.45, 7) is 1.76. The van der Waals surface area contributed by atoms with Crippen LogP contribution in [0.2, 0.25) is 0 Å². The topological polar surface area (TPSA) is 104 Å². The number of carbonyl (C=O) groups excluding carboxylic acids is 2. The summed E-state index contributed by atoms with van der Waals surface area (Å²) in [5, 5.41) is 3.46. The van der Waals surface area contributed by atoms with E-state index in [1.165, 1.54) is 18.3 Å². The molecule has 0 radical (unpaired) electrons. The largest absolute Gasteiger partial charge is 0.496 e. The Kier molecular flexibility index (Phi) is 3.93. The fraction of sp³-hybridized carbons (Fsp3) is 0.389. The Morgan fingerprint density at radius 2 is 2.31 bits per heavy atom. The first-order valence-electron chi connectivity index (χ1n) is 9.59. The highest BCUT2D eigenvalue weighted by molar-refractivity contribution is 6.01. The van der Waals surface area contributed by atoms with E-state index in [4.69, 9.17) is 19.3 Å². The zero-order valence-corrected chi connectivity index (χ0v) is 14.0. The number of methoxy groups -OCH3 is 1. The summed E-state index contributed by atoms with van der Waals surface area (Å²) >= 11 is 0. The molecule has 0 unspecified atom stereocenters. The van der Waals surface area contributed by atoms with Crippen LogP contribution in [0, 0.1) is 5.92 Å². The minimum atomic E-state index is -2.79. The van der Waals surface area contributed by atoms with Crippen LogP contribution in [0.5, 0.6) is 11.6 Å². The second kappa shape index (κ2) is 7.15. The fourth-order valence-electron chi connectivity index (χ4n) is 3.16. The van der Waals surface area contributed by atoms with Crippen molar-refractivity contribution < 1.29 is 27.6 Å². The van der Waals surface area contributed by atoms with E-state index in [9.17, 15) is 14.0 Å². The lowest BCUT2D eigenvalue weighted by Crippen LogP contribution is -2.34. The Balaban J connectivity index is 1.93. The van der Waals surface area contributed by atoms with Crippen molar-refractivity contribution in [2.75, 3.05) is 13.6 Å². The third-order valence-corrected chi connectivity index (χ3v) is 4.55. The Bertz CT molecular complexity index is 954. The molecule has 1 saturated heterocycles. The number of carbonyl (C=O) groups is 2. The van der Waals surface area contributed by atoms with Crippen LogP contribution in [0.15, 0.2) is 24.4 Å². The third kappa shape index (κ3) is 3.14. The first kappa shape index (κ1) is 14.3. The van der Waals surface area contributed by atoms with Crippen LogP contribution in [-0.4, -0.2) is 42.7 Å². The van der Waals surface area contributed by atoms with Crippen LogP contribution in [0.4, 0.5) is 4.39 Å². The Morgan fingerprint density at radius 3 is 3.00 bits per heavy atom. The van der Waals surface area contributed by atoms with Crippen LogP contribution in [-0.2, 0) is 4.79 Å². The monoisotopic (exact) mass is 364 g/mol. The molecule has 3 N–H and O–H groups in total. The van der Waals surface area contributed by atoms with E-state index in [2.05, 4.69) is 10.3 Å². The molecule has 0 spiro atoms. The predicted molar refractivity (Wildman–Crippen MR) is 92.9 cm³/mol. The Morgan fingerprint density at radius 1 is 1.50 bits per heavy atom. The molecule has 26 heavy (non-hydrogen) atoms.